The van der Waals surface area contributed by atoms with Crippen LogP contribution in [0.1, 0.15) is 70.7 Å². The number of pyridine rings is 1. The Bertz CT molecular complexity index is 1270. The lowest BCUT2D eigenvalue weighted by molar-refractivity contribution is -0.274. The predicted molar refractivity (Wildman–Crippen MR) is 135 cm³/mol. The maximum atomic E-state index is 12.6. The molecule has 1 aromatic carbocycles. The Labute approximate surface area is 214 Å². The van der Waals surface area contributed by atoms with Crippen molar-refractivity contribution in [2.75, 3.05) is 5.32 Å². The van der Waals surface area contributed by atoms with E-state index in [1.807, 2.05) is 13.0 Å². The second-order valence-electron chi connectivity index (χ2n) is 10.8. The summed E-state index contributed by atoms with van der Waals surface area (Å²) in [5.74, 6) is -0.115. The van der Waals surface area contributed by atoms with E-state index in [2.05, 4.69) is 35.4 Å². The van der Waals surface area contributed by atoms with Crippen LogP contribution in [0, 0.1) is 11.3 Å². The number of benzene rings is 1. The van der Waals surface area contributed by atoms with Gasteiger partial charge in [-0.05, 0) is 79.3 Å². The summed E-state index contributed by atoms with van der Waals surface area (Å²) in [6, 6.07) is 7.59. The van der Waals surface area contributed by atoms with Crippen LogP contribution in [0.25, 0.3) is 11.2 Å². The molecule has 1 aliphatic rings. The number of halogens is 3. The van der Waals surface area contributed by atoms with Gasteiger partial charge >= 0.3 is 12.3 Å². The van der Waals surface area contributed by atoms with Gasteiger partial charge in [0.25, 0.3) is 0 Å². The van der Waals surface area contributed by atoms with Gasteiger partial charge in [0.1, 0.15) is 11.3 Å². The quantitative estimate of drug-likeness (QED) is 0.332. The van der Waals surface area contributed by atoms with Crippen molar-refractivity contribution in [2.24, 2.45) is 11.3 Å². The predicted octanol–water partition coefficient (Wildman–Crippen LogP) is 7.04. The van der Waals surface area contributed by atoms with Gasteiger partial charge in [-0.2, -0.15) is 0 Å². The number of carbonyl (C=O) groups is 1. The normalized spacial score (nSPS) is 19.6. The van der Waals surface area contributed by atoms with Crippen molar-refractivity contribution in [3.63, 3.8) is 0 Å². The molecule has 3 aromatic rings. The number of ether oxygens (including phenoxy) is 1. The number of alkyl halides is 3. The lowest BCUT2D eigenvalue weighted by atomic mass is 9.70. The summed E-state index contributed by atoms with van der Waals surface area (Å²) in [4.78, 5) is 21.0. The fourth-order valence-electron chi connectivity index (χ4n) is 5.66. The molecule has 10 heteroatoms. The van der Waals surface area contributed by atoms with Crippen molar-refractivity contribution in [1.82, 2.24) is 14.5 Å². The zero-order chi connectivity index (χ0) is 27.0. The molecule has 0 spiro atoms. The highest BCUT2D eigenvalue weighted by Gasteiger charge is 2.35. The Kier molecular flexibility index (Phi) is 7.39. The second-order valence-corrected chi connectivity index (χ2v) is 10.8. The third-order valence-corrected chi connectivity index (χ3v) is 6.85. The molecular weight excluding hydrogens is 485 g/mol. The Morgan fingerprint density at radius 1 is 1.22 bits per heavy atom. The van der Waals surface area contributed by atoms with Crippen molar-refractivity contribution in [3.05, 3.63) is 41.6 Å². The Morgan fingerprint density at radius 3 is 2.51 bits per heavy atom. The van der Waals surface area contributed by atoms with E-state index in [0.717, 1.165) is 36.2 Å². The molecule has 1 saturated carbocycles. The van der Waals surface area contributed by atoms with E-state index in [1.165, 1.54) is 24.3 Å². The number of nitrogens with zero attached hydrogens (tertiary/aromatic N) is 3. The van der Waals surface area contributed by atoms with Gasteiger partial charge in [-0.3, -0.25) is 9.36 Å². The van der Waals surface area contributed by atoms with Gasteiger partial charge in [0.05, 0.1) is 0 Å². The highest BCUT2D eigenvalue weighted by molar-refractivity contribution is 5.78. The smallest absolute Gasteiger partial charge is 0.481 e. The summed E-state index contributed by atoms with van der Waals surface area (Å²) in [5, 5.41) is 12.4. The van der Waals surface area contributed by atoms with Crippen molar-refractivity contribution in [3.8, 4) is 5.75 Å². The number of aliphatic carboxylic acids is 1. The molecule has 0 unspecified atom stereocenters. The van der Waals surface area contributed by atoms with Crippen LogP contribution in [-0.4, -0.2) is 32.0 Å². The molecule has 2 aromatic heterocycles. The van der Waals surface area contributed by atoms with E-state index in [0.29, 0.717) is 35.9 Å². The molecule has 7 nitrogen and oxygen atoms in total. The molecule has 0 aliphatic heterocycles. The monoisotopic (exact) mass is 518 g/mol. The van der Waals surface area contributed by atoms with Crippen molar-refractivity contribution < 1.29 is 27.8 Å². The standard InChI is InChI=1S/C27H33F3N4O3/c1-5-21-17(6-11-23(35)36)13-22-24(32-21)34(19-12-16(2)14-26(3,4)15-19)25(33-22)31-18-7-9-20(10-8-18)37-27(28,29)30/h7-10,13,16,19H,5-6,11-12,14-15H2,1-4H3,(H,31,33)(H,35,36)/t16-,19+/m1/s1. The molecule has 1 fully saturated rings. The summed E-state index contributed by atoms with van der Waals surface area (Å²) in [6.45, 7) is 8.76. The number of hydrogen-bond acceptors (Lipinski definition) is 5. The molecule has 1 aliphatic carbocycles. The molecule has 0 saturated heterocycles. The summed E-state index contributed by atoms with van der Waals surface area (Å²) < 4.78 is 43.8. The van der Waals surface area contributed by atoms with Gasteiger partial charge in [-0.15, -0.1) is 13.2 Å². The van der Waals surface area contributed by atoms with Crippen LogP contribution < -0.4 is 10.1 Å². The molecular formula is C27H33F3N4O3. The highest BCUT2D eigenvalue weighted by Crippen LogP contribution is 2.46. The molecule has 0 radical (unpaired) electrons. The SMILES string of the molecule is CCc1nc2c(cc1CCC(=O)O)nc(Nc1ccc(OC(F)(F)F)cc1)n2[C@H]1C[C@@H](C)CC(C)(C)C1. The maximum Gasteiger partial charge on any atom is 0.573 e. The van der Waals surface area contributed by atoms with Crippen molar-refractivity contribution in [1.29, 1.82) is 0 Å². The fourth-order valence-corrected chi connectivity index (χ4v) is 5.66. The largest absolute Gasteiger partial charge is 0.573 e. The Morgan fingerprint density at radius 2 is 1.92 bits per heavy atom. The number of anilines is 2. The fraction of sp³-hybridized carbons (Fsp3) is 0.519. The first-order chi connectivity index (χ1) is 17.3. The Hall–Kier alpha value is -3.30. The molecule has 4 rings (SSSR count). The summed E-state index contributed by atoms with van der Waals surface area (Å²) in [7, 11) is 0. The maximum absolute atomic E-state index is 12.6. The van der Waals surface area contributed by atoms with Crippen LogP contribution in [-0.2, 0) is 17.6 Å². The van der Waals surface area contributed by atoms with Gasteiger partial charge in [0, 0.05) is 23.8 Å². The summed E-state index contributed by atoms with van der Waals surface area (Å²) in [6.07, 6.45) is -0.726. The minimum Gasteiger partial charge on any atom is -0.481 e. The summed E-state index contributed by atoms with van der Waals surface area (Å²) >= 11 is 0. The number of fused-ring (bicyclic) bond motifs is 1. The third-order valence-electron chi connectivity index (χ3n) is 6.85. The van der Waals surface area contributed by atoms with E-state index in [9.17, 15) is 18.0 Å². The van der Waals surface area contributed by atoms with E-state index in [-0.39, 0.29) is 23.6 Å². The number of nitrogens with one attached hydrogen (secondary N) is 1. The first-order valence-electron chi connectivity index (χ1n) is 12.6. The van der Waals surface area contributed by atoms with Crippen LogP contribution in [0.15, 0.2) is 30.3 Å². The van der Waals surface area contributed by atoms with Crippen LogP contribution in [0.5, 0.6) is 5.75 Å². The number of carboxylic acids is 1. The van der Waals surface area contributed by atoms with Gasteiger partial charge in [0.15, 0.2) is 5.65 Å². The second kappa shape index (κ2) is 10.2. The van der Waals surface area contributed by atoms with E-state index >= 15 is 0 Å². The molecule has 2 atom stereocenters. The van der Waals surface area contributed by atoms with E-state index < -0.39 is 12.3 Å². The molecule has 0 bridgehead atoms. The Balaban J connectivity index is 1.77. The summed E-state index contributed by atoms with van der Waals surface area (Å²) in [5.41, 5.74) is 3.79. The van der Waals surface area contributed by atoms with E-state index in [4.69, 9.17) is 15.1 Å². The van der Waals surface area contributed by atoms with Gasteiger partial charge < -0.3 is 15.2 Å². The average Bonchev–Trinajstić information content (AvgIpc) is 3.12. The number of aromatic nitrogens is 3. The number of rotatable bonds is 8. The number of carboxylic acid groups (broad SMARTS) is 1. The average molecular weight is 519 g/mol. The topological polar surface area (TPSA) is 89.3 Å². The number of aryl methyl sites for hydroxylation is 2. The van der Waals surface area contributed by atoms with Crippen molar-refractivity contribution in [2.45, 2.75) is 78.6 Å². The van der Waals surface area contributed by atoms with Gasteiger partial charge in [-0.25, -0.2) is 9.97 Å². The van der Waals surface area contributed by atoms with Crippen LogP contribution in [0.3, 0.4) is 0 Å². The molecule has 2 N–H and O–H groups in total. The first kappa shape index (κ1) is 26.8. The van der Waals surface area contributed by atoms with Crippen LogP contribution >= 0.6 is 0 Å². The number of imidazole rings is 1. The van der Waals surface area contributed by atoms with Gasteiger partial charge in [0.2, 0.25) is 5.95 Å². The minimum absolute atomic E-state index is 0.00662. The third kappa shape index (κ3) is 6.53. The van der Waals surface area contributed by atoms with E-state index in [1.54, 1.807) is 0 Å². The first-order valence-corrected chi connectivity index (χ1v) is 12.6. The van der Waals surface area contributed by atoms with Crippen LogP contribution in [0.4, 0.5) is 24.8 Å². The minimum atomic E-state index is -4.76. The molecule has 2 heterocycles. The zero-order valence-electron chi connectivity index (χ0n) is 21.5. The van der Waals surface area contributed by atoms with Crippen molar-refractivity contribution >= 4 is 28.8 Å². The molecule has 37 heavy (non-hydrogen) atoms. The molecule has 200 valence electrons. The molecule has 0 amide bonds. The van der Waals surface area contributed by atoms with Crippen LogP contribution in [0.2, 0.25) is 0 Å². The zero-order valence-corrected chi connectivity index (χ0v) is 21.5. The van der Waals surface area contributed by atoms with Gasteiger partial charge in [-0.1, -0.05) is 27.7 Å². The number of hydrogen-bond donors (Lipinski definition) is 2. The lowest BCUT2D eigenvalue weighted by Crippen LogP contribution is -2.30. The lowest BCUT2D eigenvalue weighted by Gasteiger charge is -2.40. The highest BCUT2D eigenvalue weighted by atomic mass is 19.4.